The first-order valence-electron chi connectivity index (χ1n) is 9.85. The molecule has 0 bridgehead atoms. The van der Waals surface area contributed by atoms with E-state index in [0.29, 0.717) is 36.6 Å². The number of rotatable bonds is 6. The van der Waals surface area contributed by atoms with E-state index in [1.165, 1.54) is 0 Å². The van der Waals surface area contributed by atoms with Crippen LogP contribution in [0.1, 0.15) is 47.5 Å². The maximum Gasteiger partial charge on any atom is 0.349 e. The Labute approximate surface area is 165 Å². The summed E-state index contributed by atoms with van der Waals surface area (Å²) in [5, 5.41) is 10.4. The molecular formula is C22H28N2O4. The third kappa shape index (κ3) is 4.68. The van der Waals surface area contributed by atoms with Crippen LogP contribution in [0.15, 0.2) is 39.8 Å². The van der Waals surface area contributed by atoms with Gasteiger partial charge in [-0.15, -0.1) is 0 Å². The Morgan fingerprint density at radius 1 is 1.32 bits per heavy atom. The Bertz CT molecular complexity index is 876. The largest absolute Gasteiger partial charge is 0.427 e. The summed E-state index contributed by atoms with van der Waals surface area (Å²) in [6.07, 6.45) is 5.08. The van der Waals surface area contributed by atoms with Crippen molar-refractivity contribution in [1.82, 2.24) is 9.88 Å². The minimum Gasteiger partial charge on any atom is -0.427 e. The normalized spacial score (nSPS) is 19.4. The summed E-state index contributed by atoms with van der Waals surface area (Å²) in [6, 6.07) is 5.61. The van der Waals surface area contributed by atoms with Crippen LogP contribution in [0.5, 0.6) is 0 Å². The molecule has 0 aromatic carbocycles. The zero-order chi connectivity index (χ0) is 20.3. The predicted molar refractivity (Wildman–Crippen MR) is 106 cm³/mol. The van der Waals surface area contributed by atoms with Gasteiger partial charge in [0, 0.05) is 37.8 Å². The zero-order valence-corrected chi connectivity index (χ0v) is 16.7. The van der Waals surface area contributed by atoms with E-state index in [9.17, 15) is 14.7 Å². The van der Waals surface area contributed by atoms with Gasteiger partial charge >= 0.3 is 5.63 Å². The zero-order valence-electron chi connectivity index (χ0n) is 16.7. The molecule has 6 nitrogen and oxygen atoms in total. The number of nitrogens with zero attached hydrogens (tertiary/aromatic N) is 2. The highest BCUT2D eigenvalue weighted by Crippen LogP contribution is 2.23. The number of β-amino-alcohol motifs (C(OH)–C–C–N with tert-alkyl or cyclic N) is 1. The summed E-state index contributed by atoms with van der Waals surface area (Å²) in [5.74, 6) is 0.696. The van der Waals surface area contributed by atoms with Crippen molar-refractivity contribution in [2.24, 2.45) is 11.8 Å². The number of pyridine rings is 1. The average Bonchev–Trinajstić information content (AvgIpc) is 3.01. The van der Waals surface area contributed by atoms with E-state index in [1.807, 2.05) is 12.1 Å². The number of carbonyl (C=O) groups is 1. The van der Waals surface area contributed by atoms with Gasteiger partial charge in [0.05, 0.1) is 6.10 Å². The van der Waals surface area contributed by atoms with Crippen molar-refractivity contribution >= 4 is 5.91 Å². The van der Waals surface area contributed by atoms with Gasteiger partial charge in [-0.1, -0.05) is 13.8 Å². The molecule has 3 rings (SSSR count). The SMILES string of the molecule is Cc1cc(CCC(C)C)oc(=O)c1C(=O)N1C[C@@H](Cc2ccncc2)[C@@H](O)C1. The lowest BCUT2D eigenvalue weighted by atomic mass is 9.97. The number of amides is 1. The Hall–Kier alpha value is -2.47. The van der Waals surface area contributed by atoms with Crippen molar-refractivity contribution in [3.63, 3.8) is 0 Å². The van der Waals surface area contributed by atoms with Gasteiger partial charge in [-0.25, -0.2) is 4.79 Å². The summed E-state index contributed by atoms with van der Waals surface area (Å²) in [6.45, 7) is 6.64. The number of aliphatic hydroxyl groups is 1. The fourth-order valence-corrected chi connectivity index (χ4v) is 3.68. The van der Waals surface area contributed by atoms with Crippen LogP contribution in [0.4, 0.5) is 0 Å². The molecule has 1 N–H and O–H groups in total. The van der Waals surface area contributed by atoms with Crippen LogP contribution >= 0.6 is 0 Å². The molecule has 0 spiro atoms. The van der Waals surface area contributed by atoms with Crippen molar-refractivity contribution in [3.05, 3.63) is 63.5 Å². The average molecular weight is 384 g/mol. The molecule has 28 heavy (non-hydrogen) atoms. The van der Waals surface area contributed by atoms with Crippen molar-refractivity contribution in [3.8, 4) is 0 Å². The lowest BCUT2D eigenvalue weighted by Crippen LogP contribution is -2.34. The molecular weight excluding hydrogens is 356 g/mol. The molecule has 1 aliphatic heterocycles. The topological polar surface area (TPSA) is 83.6 Å². The van der Waals surface area contributed by atoms with Gasteiger partial charge in [0.2, 0.25) is 0 Å². The van der Waals surface area contributed by atoms with E-state index in [2.05, 4.69) is 18.8 Å². The van der Waals surface area contributed by atoms with Crippen molar-refractivity contribution < 1.29 is 14.3 Å². The van der Waals surface area contributed by atoms with Crippen molar-refractivity contribution in [2.45, 2.75) is 46.1 Å². The van der Waals surface area contributed by atoms with Crippen LogP contribution in [-0.4, -0.2) is 40.1 Å². The molecule has 0 radical (unpaired) electrons. The van der Waals surface area contributed by atoms with E-state index in [1.54, 1.807) is 30.3 Å². The van der Waals surface area contributed by atoms with E-state index in [4.69, 9.17) is 4.42 Å². The van der Waals surface area contributed by atoms with Gasteiger partial charge in [0.1, 0.15) is 11.3 Å². The van der Waals surface area contributed by atoms with Crippen molar-refractivity contribution in [2.75, 3.05) is 13.1 Å². The highest BCUT2D eigenvalue weighted by Gasteiger charge is 2.36. The van der Waals surface area contributed by atoms with Crippen LogP contribution in [0.25, 0.3) is 0 Å². The van der Waals surface area contributed by atoms with Gasteiger partial charge in [-0.2, -0.15) is 0 Å². The maximum atomic E-state index is 13.0. The number of hydrogen-bond donors (Lipinski definition) is 1. The van der Waals surface area contributed by atoms with Crippen LogP contribution < -0.4 is 5.63 Å². The Balaban J connectivity index is 1.72. The second-order valence-electron chi connectivity index (χ2n) is 8.09. The lowest BCUT2D eigenvalue weighted by molar-refractivity contribution is 0.0759. The van der Waals surface area contributed by atoms with Crippen LogP contribution in [-0.2, 0) is 12.8 Å². The molecule has 1 aliphatic rings. The molecule has 6 heteroatoms. The number of carbonyl (C=O) groups excluding carboxylic acids is 1. The molecule has 150 valence electrons. The Morgan fingerprint density at radius 2 is 2.04 bits per heavy atom. The molecule has 1 amide bonds. The van der Waals surface area contributed by atoms with Gasteiger partial charge < -0.3 is 14.4 Å². The summed E-state index contributed by atoms with van der Waals surface area (Å²) < 4.78 is 5.40. The van der Waals surface area contributed by atoms with E-state index < -0.39 is 11.7 Å². The molecule has 0 saturated carbocycles. The summed E-state index contributed by atoms with van der Waals surface area (Å²) >= 11 is 0. The standard InChI is InChI=1S/C22H28N2O4/c1-14(2)4-5-18-10-15(3)20(22(27)28-18)21(26)24-12-17(19(25)13-24)11-16-6-8-23-9-7-16/h6-10,14,17,19,25H,4-5,11-13H2,1-3H3/t17-,19+/m1/s1. The number of aromatic nitrogens is 1. The van der Waals surface area contributed by atoms with E-state index in [0.717, 1.165) is 12.0 Å². The van der Waals surface area contributed by atoms with Gasteiger partial charge in [-0.3, -0.25) is 9.78 Å². The quantitative estimate of drug-likeness (QED) is 0.828. The lowest BCUT2D eigenvalue weighted by Gasteiger charge is -2.17. The molecule has 2 aromatic heterocycles. The highest BCUT2D eigenvalue weighted by molar-refractivity contribution is 5.95. The number of aliphatic hydroxyl groups excluding tert-OH is 1. The second kappa shape index (κ2) is 8.69. The molecule has 0 unspecified atom stereocenters. The second-order valence-corrected chi connectivity index (χ2v) is 8.09. The monoisotopic (exact) mass is 384 g/mol. The molecule has 0 aliphatic carbocycles. The fraction of sp³-hybridized carbons (Fsp3) is 0.500. The Kier molecular flexibility index (Phi) is 6.29. The van der Waals surface area contributed by atoms with E-state index in [-0.39, 0.29) is 23.9 Å². The Morgan fingerprint density at radius 3 is 2.68 bits per heavy atom. The molecule has 2 aromatic rings. The third-order valence-corrected chi connectivity index (χ3v) is 5.32. The number of likely N-dealkylation sites (tertiary alicyclic amines) is 1. The first-order valence-corrected chi connectivity index (χ1v) is 9.85. The first-order chi connectivity index (χ1) is 13.3. The number of aryl methyl sites for hydroxylation is 2. The smallest absolute Gasteiger partial charge is 0.349 e. The van der Waals surface area contributed by atoms with Gasteiger partial charge in [0.25, 0.3) is 5.91 Å². The molecule has 1 saturated heterocycles. The fourth-order valence-electron chi connectivity index (χ4n) is 3.68. The predicted octanol–water partition coefficient (Wildman–Crippen LogP) is 2.61. The minimum absolute atomic E-state index is 0.0657. The summed E-state index contributed by atoms with van der Waals surface area (Å²) in [7, 11) is 0. The maximum absolute atomic E-state index is 13.0. The van der Waals surface area contributed by atoms with Crippen LogP contribution in [0.2, 0.25) is 0 Å². The van der Waals surface area contributed by atoms with Crippen LogP contribution in [0, 0.1) is 18.8 Å². The number of hydrogen-bond acceptors (Lipinski definition) is 5. The summed E-state index contributed by atoms with van der Waals surface area (Å²) in [4.78, 5) is 31.0. The minimum atomic E-state index is -0.616. The first kappa shape index (κ1) is 20.3. The van der Waals surface area contributed by atoms with Crippen molar-refractivity contribution in [1.29, 1.82) is 0 Å². The highest BCUT2D eigenvalue weighted by atomic mass is 16.4. The third-order valence-electron chi connectivity index (χ3n) is 5.32. The van der Waals surface area contributed by atoms with Crippen LogP contribution in [0.3, 0.4) is 0 Å². The molecule has 2 atom stereocenters. The molecule has 1 fully saturated rings. The van der Waals surface area contributed by atoms with E-state index >= 15 is 0 Å². The van der Waals surface area contributed by atoms with Gasteiger partial charge in [0.15, 0.2) is 0 Å². The summed E-state index contributed by atoms with van der Waals surface area (Å²) in [5.41, 5.74) is 1.19. The van der Waals surface area contributed by atoms with Gasteiger partial charge in [-0.05, 0) is 55.0 Å². The molecule has 3 heterocycles.